The van der Waals surface area contributed by atoms with Crippen LogP contribution in [0.2, 0.25) is 5.02 Å². The lowest BCUT2D eigenvalue weighted by atomic mass is 10.2. The molecule has 2 aromatic rings. The summed E-state index contributed by atoms with van der Waals surface area (Å²) in [6.45, 7) is 4.49. The Kier molecular flexibility index (Phi) is 4.62. The number of nitrogens with zero attached hydrogens (tertiary/aromatic N) is 1. The first-order valence-electron chi connectivity index (χ1n) is 7.83. The maximum Gasteiger partial charge on any atom is 0.255 e. The molecule has 1 unspecified atom stereocenters. The van der Waals surface area contributed by atoms with Gasteiger partial charge in [0.2, 0.25) is 5.91 Å². The third-order valence-electron chi connectivity index (χ3n) is 4.15. The Morgan fingerprint density at radius 3 is 2.79 bits per heavy atom. The summed E-state index contributed by atoms with van der Waals surface area (Å²) in [7, 11) is 0. The number of likely N-dealkylation sites (tertiary alicyclic amines) is 1. The fourth-order valence-electron chi connectivity index (χ4n) is 2.97. The Hall–Kier alpha value is -2.27. The maximum absolute atomic E-state index is 12.3. The summed E-state index contributed by atoms with van der Waals surface area (Å²) in [5.74, 6) is 1.09. The summed E-state index contributed by atoms with van der Waals surface area (Å²) in [5.41, 5.74) is 1.42. The fraction of sp³-hybridized carbons (Fsp3) is 0.333. The molecule has 2 heterocycles. The van der Waals surface area contributed by atoms with E-state index in [1.807, 2.05) is 18.2 Å². The molecule has 6 heteroatoms. The summed E-state index contributed by atoms with van der Waals surface area (Å²) >= 11 is 6.15. The highest BCUT2D eigenvalue weighted by atomic mass is 35.5. The van der Waals surface area contributed by atoms with Gasteiger partial charge in [-0.05, 0) is 31.5 Å². The molecule has 0 spiro atoms. The number of furan rings is 1. The lowest BCUT2D eigenvalue weighted by molar-refractivity contribution is -0.128. The molecule has 1 aromatic carbocycles. The minimum Gasteiger partial charge on any atom is -0.466 e. The van der Waals surface area contributed by atoms with Gasteiger partial charge in [0.05, 0.1) is 11.6 Å². The van der Waals surface area contributed by atoms with Crippen molar-refractivity contribution in [3.63, 3.8) is 0 Å². The Labute approximate surface area is 145 Å². The smallest absolute Gasteiger partial charge is 0.255 e. The van der Waals surface area contributed by atoms with E-state index < -0.39 is 0 Å². The first-order chi connectivity index (χ1) is 11.4. The number of aryl methyl sites for hydroxylation is 2. The summed E-state index contributed by atoms with van der Waals surface area (Å²) in [5, 5.41) is 3.56. The van der Waals surface area contributed by atoms with Crippen molar-refractivity contribution in [3.8, 4) is 0 Å². The minimum absolute atomic E-state index is 0.0142. The molecule has 1 aliphatic rings. The second kappa shape index (κ2) is 6.69. The van der Waals surface area contributed by atoms with Crippen LogP contribution < -0.4 is 5.32 Å². The molecule has 1 aromatic heterocycles. The molecule has 5 nitrogen and oxygen atoms in total. The zero-order valence-corrected chi connectivity index (χ0v) is 14.4. The SMILES string of the molecule is Cc1cc(C(=O)NC2CC(=O)N(Cc3ccccc3Cl)C2)c(C)o1. The van der Waals surface area contributed by atoms with Gasteiger partial charge in [-0.25, -0.2) is 0 Å². The first-order valence-corrected chi connectivity index (χ1v) is 8.21. The molecule has 0 aliphatic carbocycles. The molecule has 1 N–H and O–H groups in total. The van der Waals surface area contributed by atoms with Gasteiger partial charge in [-0.3, -0.25) is 9.59 Å². The van der Waals surface area contributed by atoms with Crippen molar-refractivity contribution in [1.82, 2.24) is 10.2 Å². The van der Waals surface area contributed by atoms with Gasteiger partial charge in [0.15, 0.2) is 0 Å². The molecule has 3 rings (SSSR count). The highest BCUT2D eigenvalue weighted by Crippen LogP contribution is 2.21. The van der Waals surface area contributed by atoms with Gasteiger partial charge in [0.25, 0.3) is 5.91 Å². The van der Waals surface area contributed by atoms with Gasteiger partial charge in [-0.1, -0.05) is 29.8 Å². The van der Waals surface area contributed by atoms with Crippen LogP contribution >= 0.6 is 11.6 Å². The van der Waals surface area contributed by atoms with Crippen molar-refractivity contribution in [2.75, 3.05) is 6.54 Å². The number of carbonyl (C=O) groups excluding carboxylic acids is 2. The van der Waals surface area contributed by atoms with Crippen LogP contribution in [-0.4, -0.2) is 29.3 Å². The van der Waals surface area contributed by atoms with E-state index in [9.17, 15) is 9.59 Å². The third kappa shape index (κ3) is 3.46. The quantitative estimate of drug-likeness (QED) is 0.925. The van der Waals surface area contributed by atoms with Crippen molar-refractivity contribution in [2.24, 2.45) is 0 Å². The van der Waals surface area contributed by atoms with E-state index in [2.05, 4.69) is 5.32 Å². The van der Waals surface area contributed by atoms with E-state index in [1.165, 1.54) is 0 Å². The Morgan fingerprint density at radius 2 is 2.12 bits per heavy atom. The second-order valence-corrected chi connectivity index (χ2v) is 6.47. The number of rotatable bonds is 4. The molecule has 1 saturated heterocycles. The van der Waals surface area contributed by atoms with Gasteiger partial charge in [-0.15, -0.1) is 0 Å². The third-order valence-corrected chi connectivity index (χ3v) is 4.52. The zero-order chi connectivity index (χ0) is 17.3. The molecular formula is C18H19ClN2O3. The summed E-state index contributed by atoms with van der Waals surface area (Å²) in [6, 6.07) is 8.96. The van der Waals surface area contributed by atoms with Gasteiger partial charge in [-0.2, -0.15) is 0 Å². The average Bonchev–Trinajstić information content (AvgIpc) is 3.03. The molecule has 0 saturated carbocycles. The van der Waals surface area contributed by atoms with E-state index in [0.29, 0.717) is 41.6 Å². The zero-order valence-electron chi connectivity index (χ0n) is 13.6. The maximum atomic E-state index is 12.3. The monoisotopic (exact) mass is 346 g/mol. The van der Waals surface area contributed by atoms with Crippen LogP contribution in [0.1, 0.15) is 33.9 Å². The van der Waals surface area contributed by atoms with Crippen LogP contribution in [-0.2, 0) is 11.3 Å². The van der Waals surface area contributed by atoms with Crippen molar-refractivity contribution < 1.29 is 14.0 Å². The van der Waals surface area contributed by atoms with E-state index in [0.717, 1.165) is 5.56 Å². The van der Waals surface area contributed by atoms with Crippen LogP contribution in [0.3, 0.4) is 0 Å². The molecule has 126 valence electrons. The number of hydrogen-bond acceptors (Lipinski definition) is 3. The standard InChI is InChI=1S/C18H19ClN2O3/c1-11-7-15(12(2)24-11)18(23)20-14-8-17(22)21(10-14)9-13-5-3-4-6-16(13)19/h3-7,14H,8-10H2,1-2H3,(H,20,23). The van der Waals surface area contributed by atoms with Gasteiger partial charge < -0.3 is 14.6 Å². The number of carbonyl (C=O) groups is 2. The predicted molar refractivity (Wildman–Crippen MR) is 90.9 cm³/mol. The molecule has 24 heavy (non-hydrogen) atoms. The lowest BCUT2D eigenvalue weighted by Gasteiger charge is -2.18. The van der Waals surface area contributed by atoms with Crippen LogP contribution in [0.25, 0.3) is 0 Å². The van der Waals surface area contributed by atoms with Gasteiger partial charge in [0.1, 0.15) is 11.5 Å². The van der Waals surface area contributed by atoms with Gasteiger partial charge >= 0.3 is 0 Å². The van der Waals surface area contributed by atoms with Crippen molar-refractivity contribution in [3.05, 3.63) is 58.0 Å². The number of halogens is 1. The number of hydrogen-bond donors (Lipinski definition) is 1. The van der Waals surface area contributed by atoms with E-state index in [4.69, 9.17) is 16.0 Å². The Bertz CT molecular complexity index is 784. The van der Waals surface area contributed by atoms with E-state index in [-0.39, 0.29) is 17.9 Å². The largest absolute Gasteiger partial charge is 0.466 e. The van der Waals surface area contributed by atoms with Gasteiger partial charge in [0, 0.05) is 24.5 Å². The molecule has 1 atom stereocenters. The number of nitrogens with one attached hydrogen (secondary N) is 1. The summed E-state index contributed by atoms with van der Waals surface area (Å²) < 4.78 is 5.38. The predicted octanol–water partition coefficient (Wildman–Crippen LogP) is 3.08. The van der Waals surface area contributed by atoms with Crippen LogP contribution in [0, 0.1) is 13.8 Å². The molecular weight excluding hydrogens is 328 g/mol. The Morgan fingerprint density at radius 1 is 1.38 bits per heavy atom. The van der Waals surface area contributed by atoms with Crippen molar-refractivity contribution in [1.29, 1.82) is 0 Å². The Balaban J connectivity index is 1.63. The summed E-state index contributed by atoms with van der Waals surface area (Å²) in [6.07, 6.45) is 0.298. The van der Waals surface area contributed by atoms with E-state index in [1.54, 1.807) is 30.9 Å². The number of amides is 2. The van der Waals surface area contributed by atoms with Crippen molar-refractivity contribution in [2.45, 2.75) is 32.9 Å². The van der Waals surface area contributed by atoms with E-state index >= 15 is 0 Å². The minimum atomic E-state index is -0.207. The first kappa shape index (κ1) is 16.6. The molecule has 1 fully saturated rings. The normalized spacial score (nSPS) is 17.4. The second-order valence-electron chi connectivity index (χ2n) is 6.07. The molecule has 0 bridgehead atoms. The van der Waals surface area contributed by atoms with Crippen LogP contribution in [0.4, 0.5) is 0 Å². The summed E-state index contributed by atoms with van der Waals surface area (Å²) in [4.78, 5) is 26.3. The lowest BCUT2D eigenvalue weighted by Crippen LogP contribution is -2.37. The molecule has 2 amide bonds. The topological polar surface area (TPSA) is 62.6 Å². The van der Waals surface area contributed by atoms with Crippen LogP contribution in [0.15, 0.2) is 34.7 Å². The number of benzene rings is 1. The van der Waals surface area contributed by atoms with Crippen molar-refractivity contribution >= 4 is 23.4 Å². The molecule has 1 aliphatic heterocycles. The van der Waals surface area contributed by atoms with Crippen LogP contribution in [0.5, 0.6) is 0 Å². The molecule has 0 radical (unpaired) electrons. The highest BCUT2D eigenvalue weighted by Gasteiger charge is 2.31. The fourth-order valence-corrected chi connectivity index (χ4v) is 3.17. The average molecular weight is 347 g/mol. The highest BCUT2D eigenvalue weighted by molar-refractivity contribution is 6.31.